The summed E-state index contributed by atoms with van der Waals surface area (Å²) in [5, 5.41) is 2.88. The summed E-state index contributed by atoms with van der Waals surface area (Å²) in [7, 11) is 0. The van der Waals surface area contributed by atoms with E-state index in [1.54, 1.807) is 24.3 Å². The van der Waals surface area contributed by atoms with Crippen molar-refractivity contribution in [3.8, 4) is 11.1 Å². The molecular weight excluding hydrogens is 324 g/mol. The zero-order valence-corrected chi connectivity index (χ0v) is 14.8. The van der Waals surface area contributed by atoms with Gasteiger partial charge >= 0.3 is 0 Å². The number of carbonyl (C=O) groups is 2. The zero-order valence-electron chi connectivity index (χ0n) is 14.8. The minimum Gasteiger partial charge on any atom is -0.320 e. The molecule has 1 aromatic heterocycles. The predicted molar refractivity (Wildman–Crippen MR) is 102 cm³/mol. The first-order valence-corrected chi connectivity index (χ1v) is 8.52. The molecule has 1 amide bonds. The van der Waals surface area contributed by atoms with E-state index < -0.39 is 0 Å². The molecule has 1 N–H and O–H groups in total. The Morgan fingerprint density at radius 1 is 0.923 bits per heavy atom. The van der Waals surface area contributed by atoms with Crippen LogP contribution in [0.5, 0.6) is 0 Å². The van der Waals surface area contributed by atoms with Crippen LogP contribution in [0.2, 0.25) is 0 Å². The van der Waals surface area contributed by atoms with Crippen LogP contribution in [0.3, 0.4) is 0 Å². The first-order valence-electron chi connectivity index (χ1n) is 8.52. The lowest BCUT2D eigenvalue weighted by Gasteiger charge is -2.10. The fraction of sp³-hybridized carbons (Fsp3) is 0.136. The number of nitrogens with one attached hydrogen (secondary N) is 1. The van der Waals surface area contributed by atoms with E-state index >= 15 is 0 Å². The van der Waals surface area contributed by atoms with Gasteiger partial charge in [-0.25, -0.2) is 0 Å². The van der Waals surface area contributed by atoms with Crippen LogP contribution < -0.4 is 9.88 Å². The number of hydrogen-bond acceptors (Lipinski definition) is 2. The maximum absolute atomic E-state index is 12.6. The van der Waals surface area contributed by atoms with Crippen molar-refractivity contribution in [1.29, 1.82) is 0 Å². The van der Waals surface area contributed by atoms with E-state index in [9.17, 15) is 9.59 Å². The summed E-state index contributed by atoms with van der Waals surface area (Å²) in [5.74, 6) is -0.167. The second-order valence-electron chi connectivity index (χ2n) is 6.21. The number of hydrogen-bond donors (Lipinski definition) is 1. The van der Waals surface area contributed by atoms with Crippen LogP contribution in [0, 0.1) is 0 Å². The summed E-state index contributed by atoms with van der Waals surface area (Å²) in [5.41, 5.74) is 3.35. The highest BCUT2D eigenvalue weighted by atomic mass is 16.2. The number of ketones is 1. The molecule has 26 heavy (non-hydrogen) atoms. The molecular formula is C22H21N2O2+. The van der Waals surface area contributed by atoms with E-state index in [1.165, 1.54) is 6.92 Å². The van der Waals surface area contributed by atoms with E-state index in [0.717, 1.165) is 11.1 Å². The molecule has 0 saturated carbocycles. The molecule has 4 heteroatoms. The van der Waals surface area contributed by atoms with Crippen molar-refractivity contribution in [1.82, 2.24) is 0 Å². The maximum atomic E-state index is 12.6. The first-order chi connectivity index (χ1) is 12.5. The number of anilines is 1. The Hall–Kier alpha value is -3.27. The molecule has 0 radical (unpaired) electrons. The fourth-order valence-corrected chi connectivity index (χ4v) is 2.73. The van der Waals surface area contributed by atoms with Crippen molar-refractivity contribution >= 4 is 17.4 Å². The maximum Gasteiger partial charge on any atom is 0.293 e. The number of rotatable bonds is 5. The van der Waals surface area contributed by atoms with Crippen LogP contribution in [-0.2, 0) is 4.79 Å². The minimum absolute atomic E-state index is 0.0286. The summed E-state index contributed by atoms with van der Waals surface area (Å²) in [6.07, 6.45) is 3.84. The largest absolute Gasteiger partial charge is 0.320 e. The molecule has 2 aromatic carbocycles. The Kier molecular flexibility index (Phi) is 5.23. The third-order valence-corrected chi connectivity index (χ3v) is 4.29. The second-order valence-corrected chi connectivity index (χ2v) is 6.21. The van der Waals surface area contributed by atoms with Crippen LogP contribution in [-0.4, -0.2) is 11.7 Å². The van der Waals surface area contributed by atoms with Gasteiger partial charge in [-0.15, -0.1) is 0 Å². The Morgan fingerprint density at radius 2 is 1.65 bits per heavy atom. The smallest absolute Gasteiger partial charge is 0.293 e. The van der Waals surface area contributed by atoms with Crippen LogP contribution in [0.25, 0.3) is 11.1 Å². The van der Waals surface area contributed by atoms with Crippen LogP contribution in [0.15, 0.2) is 79.1 Å². The first kappa shape index (κ1) is 17.5. The van der Waals surface area contributed by atoms with Crippen LogP contribution in [0.1, 0.15) is 30.2 Å². The quantitative estimate of drug-likeness (QED) is 0.560. The Morgan fingerprint density at radius 3 is 2.38 bits per heavy atom. The summed E-state index contributed by atoms with van der Waals surface area (Å²) < 4.78 is 1.88. The lowest BCUT2D eigenvalue weighted by atomic mass is 10.1. The van der Waals surface area contributed by atoms with Gasteiger partial charge in [0, 0.05) is 29.8 Å². The van der Waals surface area contributed by atoms with Gasteiger partial charge in [-0.2, -0.15) is 4.57 Å². The SMILES string of the molecule is CC(=O)c1cccc(NC(=O)[C@@H](C)[n+]2cccc(-c3ccccc3)c2)c1. The van der Waals surface area contributed by atoms with E-state index in [0.29, 0.717) is 11.3 Å². The van der Waals surface area contributed by atoms with Gasteiger partial charge in [0.05, 0.1) is 0 Å². The molecule has 4 nitrogen and oxygen atoms in total. The fourth-order valence-electron chi connectivity index (χ4n) is 2.73. The zero-order chi connectivity index (χ0) is 18.5. The number of nitrogens with zero attached hydrogens (tertiary/aromatic N) is 1. The minimum atomic E-state index is -0.389. The summed E-state index contributed by atoms with van der Waals surface area (Å²) >= 11 is 0. The molecule has 0 aliphatic carbocycles. The molecule has 3 aromatic rings. The van der Waals surface area contributed by atoms with Crippen molar-refractivity contribution in [3.63, 3.8) is 0 Å². The number of Topliss-reactive ketones (excluding diaryl/α,β-unsaturated/α-hetero) is 1. The monoisotopic (exact) mass is 345 g/mol. The second kappa shape index (κ2) is 7.74. The number of amides is 1. The number of pyridine rings is 1. The predicted octanol–water partition coefficient (Wildman–Crippen LogP) is 4.04. The number of aromatic nitrogens is 1. The van der Waals surface area contributed by atoms with Gasteiger partial charge in [-0.3, -0.25) is 9.59 Å². The molecule has 0 aliphatic rings. The van der Waals surface area contributed by atoms with Gasteiger partial charge in [-0.1, -0.05) is 42.5 Å². The van der Waals surface area contributed by atoms with Gasteiger partial charge < -0.3 is 5.32 Å². The van der Waals surface area contributed by atoms with Gasteiger partial charge in [0.2, 0.25) is 6.04 Å². The summed E-state index contributed by atoms with van der Waals surface area (Å²) in [4.78, 5) is 24.1. The van der Waals surface area contributed by atoms with Crippen molar-refractivity contribution in [2.24, 2.45) is 0 Å². The van der Waals surface area contributed by atoms with Gasteiger partial charge in [0.15, 0.2) is 18.2 Å². The molecule has 0 saturated heterocycles. The molecule has 130 valence electrons. The van der Waals surface area contributed by atoms with E-state index in [4.69, 9.17) is 0 Å². The number of benzene rings is 2. The molecule has 1 atom stereocenters. The Bertz CT molecular complexity index is 936. The number of carbonyl (C=O) groups excluding carboxylic acids is 2. The molecule has 1 heterocycles. The molecule has 0 spiro atoms. The molecule has 0 bridgehead atoms. The molecule has 0 aliphatic heterocycles. The van der Waals surface area contributed by atoms with E-state index in [-0.39, 0.29) is 17.7 Å². The molecule has 0 unspecified atom stereocenters. The van der Waals surface area contributed by atoms with Gasteiger partial charge in [-0.05, 0) is 30.7 Å². The van der Waals surface area contributed by atoms with Crippen molar-refractivity contribution in [2.45, 2.75) is 19.9 Å². The lowest BCUT2D eigenvalue weighted by Crippen LogP contribution is -2.44. The van der Waals surface area contributed by atoms with Crippen molar-refractivity contribution in [2.75, 3.05) is 5.32 Å². The Labute approximate surface area is 153 Å². The summed E-state index contributed by atoms with van der Waals surface area (Å²) in [6, 6.07) is 20.6. The third kappa shape index (κ3) is 4.03. The average molecular weight is 345 g/mol. The highest BCUT2D eigenvalue weighted by Gasteiger charge is 2.22. The van der Waals surface area contributed by atoms with Crippen LogP contribution >= 0.6 is 0 Å². The van der Waals surface area contributed by atoms with Crippen LogP contribution in [0.4, 0.5) is 5.69 Å². The van der Waals surface area contributed by atoms with E-state index in [2.05, 4.69) is 5.32 Å². The normalized spacial score (nSPS) is 11.6. The topological polar surface area (TPSA) is 50.1 Å². The highest BCUT2D eigenvalue weighted by Crippen LogP contribution is 2.17. The Balaban J connectivity index is 1.79. The molecule has 3 rings (SSSR count). The standard InChI is InChI=1S/C22H20N2O2/c1-16(22(26)23-21-12-6-10-19(14-21)17(2)25)24-13-7-11-20(15-24)18-8-4-3-5-9-18/h3-16H,1-2H3/p+1/t16-/m1/s1. The summed E-state index contributed by atoms with van der Waals surface area (Å²) in [6.45, 7) is 3.35. The van der Waals surface area contributed by atoms with E-state index in [1.807, 2.05) is 66.3 Å². The lowest BCUT2D eigenvalue weighted by molar-refractivity contribution is -0.705. The highest BCUT2D eigenvalue weighted by molar-refractivity contribution is 5.97. The third-order valence-electron chi connectivity index (χ3n) is 4.29. The van der Waals surface area contributed by atoms with Crippen molar-refractivity contribution in [3.05, 3.63) is 84.7 Å². The van der Waals surface area contributed by atoms with Gasteiger partial charge in [0.1, 0.15) is 0 Å². The average Bonchev–Trinajstić information content (AvgIpc) is 2.68. The van der Waals surface area contributed by atoms with Crippen molar-refractivity contribution < 1.29 is 14.2 Å². The van der Waals surface area contributed by atoms with Gasteiger partial charge in [0.25, 0.3) is 5.91 Å². The molecule has 0 fully saturated rings.